The van der Waals surface area contributed by atoms with Crippen molar-refractivity contribution in [2.75, 3.05) is 30.9 Å². The van der Waals surface area contributed by atoms with Gasteiger partial charge in [0, 0.05) is 20.2 Å². The fourth-order valence-corrected chi connectivity index (χ4v) is 1.75. The Hall–Kier alpha value is -2.21. The molecule has 6 heteroatoms. The van der Waals surface area contributed by atoms with E-state index in [2.05, 4.69) is 50.9 Å². The summed E-state index contributed by atoms with van der Waals surface area (Å²) in [7, 11) is 1.66. The molecule has 0 saturated carbocycles. The van der Waals surface area contributed by atoms with Crippen molar-refractivity contribution in [2.24, 2.45) is 0 Å². The number of ether oxygens (including phenoxy) is 1. The van der Waals surface area contributed by atoms with E-state index in [1.165, 1.54) is 11.1 Å². The molecule has 20 heavy (non-hydrogen) atoms. The fourth-order valence-electron chi connectivity index (χ4n) is 1.75. The maximum absolute atomic E-state index is 4.97. The van der Waals surface area contributed by atoms with Crippen molar-refractivity contribution in [3.8, 4) is 0 Å². The summed E-state index contributed by atoms with van der Waals surface area (Å²) in [6, 6.07) is 8.30. The van der Waals surface area contributed by atoms with Gasteiger partial charge in [0.05, 0.1) is 12.8 Å². The largest absolute Gasteiger partial charge is 0.383 e. The van der Waals surface area contributed by atoms with Crippen LogP contribution in [0.3, 0.4) is 0 Å². The zero-order valence-corrected chi connectivity index (χ0v) is 11.8. The number of benzene rings is 1. The minimum atomic E-state index is 0.508. The van der Waals surface area contributed by atoms with Gasteiger partial charge < -0.3 is 15.4 Å². The van der Waals surface area contributed by atoms with E-state index in [0.29, 0.717) is 31.5 Å². The molecule has 1 aromatic heterocycles. The van der Waals surface area contributed by atoms with Gasteiger partial charge >= 0.3 is 0 Å². The lowest BCUT2D eigenvalue weighted by Crippen LogP contribution is -2.11. The van der Waals surface area contributed by atoms with Gasteiger partial charge in [-0.25, -0.2) is 0 Å². The molecule has 106 valence electrons. The average Bonchev–Trinajstić information content (AvgIpc) is 2.46. The summed E-state index contributed by atoms with van der Waals surface area (Å²) in [5, 5.41) is 14.2. The normalized spacial score (nSPS) is 10.3. The number of aromatic nitrogens is 3. The first kappa shape index (κ1) is 14.2. The second kappa shape index (κ2) is 7.40. The van der Waals surface area contributed by atoms with Crippen LogP contribution >= 0.6 is 0 Å². The van der Waals surface area contributed by atoms with Crippen LogP contribution in [0.4, 0.5) is 11.8 Å². The lowest BCUT2D eigenvalue weighted by atomic mass is 10.1. The van der Waals surface area contributed by atoms with Gasteiger partial charge in [-0.15, -0.1) is 5.10 Å². The molecule has 0 bridgehead atoms. The Morgan fingerprint density at radius 1 is 1.25 bits per heavy atom. The Morgan fingerprint density at radius 3 is 2.95 bits per heavy atom. The van der Waals surface area contributed by atoms with Crippen molar-refractivity contribution in [3.63, 3.8) is 0 Å². The van der Waals surface area contributed by atoms with Gasteiger partial charge in [0.2, 0.25) is 5.95 Å². The van der Waals surface area contributed by atoms with Gasteiger partial charge in [-0.05, 0) is 12.5 Å². The fraction of sp³-hybridized carbons (Fsp3) is 0.357. The molecule has 0 radical (unpaired) electrons. The summed E-state index contributed by atoms with van der Waals surface area (Å²) < 4.78 is 4.97. The van der Waals surface area contributed by atoms with Crippen LogP contribution in [0.5, 0.6) is 0 Å². The van der Waals surface area contributed by atoms with Crippen molar-refractivity contribution in [1.29, 1.82) is 0 Å². The predicted molar refractivity (Wildman–Crippen MR) is 78.7 cm³/mol. The van der Waals surface area contributed by atoms with Crippen LogP contribution in [0.25, 0.3) is 0 Å². The number of hydrogen-bond donors (Lipinski definition) is 2. The first-order valence-corrected chi connectivity index (χ1v) is 6.50. The SMILES string of the molecule is COCCNc1cnnc(NCc2cccc(C)c2)n1. The average molecular weight is 273 g/mol. The van der Waals surface area contributed by atoms with E-state index in [9.17, 15) is 0 Å². The Morgan fingerprint density at radius 2 is 2.15 bits per heavy atom. The molecule has 0 aliphatic carbocycles. The van der Waals surface area contributed by atoms with E-state index in [4.69, 9.17) is 4.74 Å². The Bertz CT molecular complexity index is 547. The van der Waals surface area contributed by atoms with Crippen molar-refractivity contribution in [3.05, 3.63) is 41.6 Å². The van der Waals surface area contributed by atoms with E-state index in [-0.39, 0.29) is 0 Å². The molecular weight excluding hydrogens is 254 g/mol. The van der Waals surface area contributed by atoms with Gasteiger partial charge in [0.15, 0.2) is 5.82 Å². The number of methoxy groups -OCH3 is 1. The van der Waals surface area contributed by atoms with Crippen LogP contribution in [0.15, 0.2) is 30.5 Å². The van der Waals surface area contributed by atoms with Crippen LogP contribution in [0.2, 0.25) is 0 Å². The molecule has 2 aromatic rings. The minimum absolute atomic E-state index is 0.508. The van der Waals surface area contributed by atoms with E-state index < -0.39 is 0 Å². The van der Waals surface area contributed by atoms with E-state index >= 15 is 0 Å². The number of aryl methyl sites for hydroxylation is 1. The molecular formula is C14H19N5O. The lowest BCUT2D eigenvalue weighted by molar-refractivity contribution is 0.210. The van der Waals surface area contributed by atoms with E-state index in [1.807, 2.05) is 6.07 Å². The quantitative estimate of drug-likeness (QED) is 0.750. The maximum Gasteiger partial charge on any atom is 0.244 e. The molecule has 0 saturated heterocycles. The summed E-state index contributed by atoms with van der Waals surface area (Å²) in [5.74, 6) is 1.19. The second-order valence-corrected chi connectivity index (χ2v) is 4.43. The number of nitrogens with zero attached hydrogens (tertiary/aromatic N) is 3. The first-order chi connectivity index (χ1) is 9.78. The van der Waals surface area contributed by atoms with Crippen LogP contribution < -0.4 is 10.6 Å². The third-order valence-electron chi connectivity index (χ3n) is 2.70. The zero-order chi connectivity index (χ0) is 14.2. The van der Waals surface area contributed by atoms with Crippen LogP contribution in [0.1, 0.15) is 11.1 Å². The molecule has 2 rings (SSSR count). The monoisotopic (exact) mass is 273 g/mol. The third kappa shape index (κ3) is 4.47. The van der Waals surface area contributed by atoms with Gasteiger partial charge in [-0.3, -0.25) is 0 Å². The van der Waals surface area contributed by atoms with E-state index in [0.717, 1.165) is 0 Å². The van der Waals surface area contributed by atoms with Crippen LogP contribution in [0, 0.1) is 6.92 Å². The highest BCUT2D eigenvalue weighted by Gasteiger charge is 2.00. The molecule has 0 aliphatic heterocycles. The minimum Gasteiger partial charge on any atom is -0.383 e. The number of anilines is 2. The number of hydrogen-bond acceptors (Lipinski definition) is 6. The molecule has 1 aromatic carbocycles. The number of rotatable bonds is 7. The molecule has 0 spiro atoms. The Labute approximate surface area is 118 Å². The van der Waals surface area contributed by atoms with E-state index in [1.54, 1.807) is 13.3 Å². The summed E-state index contributed by atoms with van der Waals surface area (Å²) in [6.45, 7) is 4.05. The van der Waals surface area contributed by atoms with Gasteiger partial charge in [-0.1, -0.05) is 29.8 Å². The van der Waals surface area contributed by atoms with Crippen molar-refractivity contribution in [1.82, 2.24) is 15.2 Å². The number of nitrogens with one attached hydrogen (secondary N) is 2. The molecule has 6 nitrogen and oxygen atoms in total. The summed E-state index contributed by atoms with van der Waals surface area (Å²) in [4.78, 5) is 4.33. The highest BCUT2D eigenvalue weighted by Crippen LogP contribution is 2.07. The molecule has 0 fully saturated rings. The first-order valence-electron chi connectivity index (χ1n) is 6.50. The summed E-state index contributed by atoms with van der Waals surface area (Å²) >= 11 is 0. The second-order valence-electron chi connectivity index (χ2n) is 4.43. The molecule has 0 unspecified atom stereocenters. The molecule has 0 atom stereocenters. The Kier molecular flexibility index (Phi) is 5.25. The molecule has 0 aliphatic rings. The molecule has 0 amide bonds. The van der Waals surface area contributed by atoms with Crippen LogP contribution in [-0.4, -0.2) is 35.4 Å². The smallest absolute Gasteiger partial charge is 0.244 e. The standard InChI is InChI=1S/C14H19N5O/c1-11-4-3-5-12(8-11)9-16-14-18-13(10-17-19-14)15-6-7-20-2/h3-5,8,10H,6-7,9H2,1-2H3,(H2,15,16,18,19). The van der Waals surface area contributed by atoms with Crippen molar-refractivity contribution in [2.45, 2.75) is 13.5 Å². The highest BCUT2D eigenvalue weighted by atomic mass is 16.5. The third-order valence-corrected chi connectivity index (χ3v) is 2.70. The summed E-state index contributed by atoms with van der Waals surface area (Å²) in [5.41, 5.74) is 2.42. The molecule has 1 heterocycles. The van der Waals surface area contributed by atoms with Crippen LogP contribution in [-0.2, 0) is 11.3 Å². The van der Waals surface area contributed by atoms with Crippen molar-refractivity contribution < 1.29 is 4.74 Å². The van der Waals surface area contributed by atoms with Crippen molar-refractivity contribution >= 4 is 11.8 Å². The summed E-state index contributed by atoms with van der Waals surface area (Å²) in [6.07, 6.45) is 1.59. The highest BCUT2D eigenvalue weighted by molar-refractivity contribution is 5.37. The predicted octanol–water partition coefficient (Wildman–Crippen LogP) is 1.85. The maximum atomic E-state index is 4.97. The van der Waals surface area contributed by atoms with Gasteiger partial charge in [0.25, 0.3) is 0 Å². The molecule has 2 N–H and O–H groups in total. The van der Waals surface area contributed by atoms with Gasteiger partial charge in [-0.2, -0.15) is 10.1 Å². The topological polar surface area (TPSA) is 72.0 Å². The lowest BCUT2D eigenvalue weighted by Gasteiger charge is -2.07. The zero-order valence-electron chi connectivity index (χ0n) is 11.8. The Balaban J connectivity index is 1.91. The van der Waals surface area contributed by atoms with Gasteiger partial charge in [0.1, 0.15) is 0 Å².